The van der Waals surface area contributed by atoms with E-state index in [-0.39, 0.29) is 30.4 Å². The molecule has 234 valence electrons. The topological polar surface area (TPSA) is 93.5 Å². The van der Waals surface area contributed by atoms with Gasteiger partial charge < -0.3 is 28.6 Å². The van der Waals surface area contributed by atoms with Crippen LogP contribution in [-0.2, 0) is 32.0 Å². The number of esters is 1. The number of carbonyl (C=O) groups excluding carboxylic acids is 3. The standard InChI is InChI=1S/C34H42N4O6/c1-4-5-16-44-34(41)25-8-6-24(7-9-25)21-38-28-11-10-26(43-18-15-36-14-17-42-23(2)20-36)19-27(28)31-29(38)12-13-37-30(39)22-35(3)33(40)32(31)37/h6-11,19,23,32H,4-5,12-18,20-22H2,1-3H3/t23-,32?/m0/s1. The number of aromatic nitrogens is 1. The maximum Gasteiger partial charge on any atom is 0.338 e. The highest BCUT2D eigenvalue weighted by Crippen LogP contribution is 2.41. The van der Waals surface area contributed by atoms with E-state index < -0.39 is 6.04 Å². The molecule has 10 heteroatoms. The van der Waals surface area contributed by atoms with E-state index in [1.54, 1.807) is 11.9 Å². The second kappa shape index (κ2) is 13.0. The van der Waals surface area contributed by atoms with Gasteiger partial charge in [0, 0.05) is 68.4 Å². The number of unbranched alkanes of at least 4 members (excludes halogenated alkanes) is 1. The second-order valence-electron chi connectivity index (χ2n) is 12.1. The molecule has 1 aromatic heterocycles. The molecule has 0 N–H and O–H groups in total. The SMILES string of the molecule is CCCCOC(=O)c1ccc(Cn2c3c(c4cc(OCCN5CCO[C@@H](C)C5)ccc42)C2C(=O)N(C)CC(=O)N2CC3)cc1. The van der Waals surface area contributed by atoms with Crippen LogP contribution in [0.15, 0.2) is 42.5 Å². The smallest absolute Gasteiger partial charge is 0.338 e. The quantitative estimate of drug-likeness (QED) is 0.258. The number of carbonyl (C=O) groups is 3. The first-order valence-corrected chi connectivity index (χ1v) is 15.8. The number of morpholine rings is 1. The van der Waals surface area contributed by atoms with E-state index in [1.165, 1.54) is 4.90 Å². The van der Waals surface area contributed by atoms with Crippen molar-refractivity contribution in [3.8, 4) is 5.75 Å². The summed E-state index contributed by atoms with van der Waals surface area (Å²) in [7, 11) is 1.70. The fraction of sp³-hybridized carbons (Fsp3) is 0.500. The third-order valence-electron chi connectivity index (χ3n) is 8.93. The zero-order valence-corrected chi connectivity index (χ0v) is 25.9. The van der Waals surface area contributed by atoms with Crippen LogP contribution in [0.3, 0.4) is 0 Å². The number of amides is 2. The Labute approximate surface area is 258 Å². The molecular weight excluding hydrogens is 560 g/mol. The Morgan fingerprint density at radius 1 is 1.07 bits per heavy atom. The van der Waals surface area contributed by atoms with Crippen LogP contribution in [-0.4, -0.2) is 103 Å². The van der Waals surface area contributed by atoms with Crippen LogP contribution >= 0.6 is 0 Å². The Kier molecular flexibility index (Phi) is 8.91. The van der Waals surface area contributed by atoms with E-state index in [1.807, 2.05) is 36.4 Å². The fourth-order valence-electron chi connectivity index (χ4n) is 6.58. The van der Waals surface area contributed by atoms with Crippen molar-refractivity contribution in [3.63, 3.8) is 0 Å². The first kappa shape index (κ1) is 30.1. The molecular formula is C34H42N4O6. The van der Waals surface area contributed by atoms with E-state index in [9.17, 15) is 14.4 Å². The van der Waals surface area contributed by atoms with Crippen LogP contribution in [0.5, 0.6) is 5.75 Å². The number of benzene rings is 2. The average molecular weight is 603 g/mol. The number of fused-ring (bicyclic) bond motifs is 5. The number of ether oxygens (including phenoxy) is 3. The summed E-state index contributed by atoms with van der Waals surface area (Å²) in [5, 5.41) is 0.930. The van der Waals surface area contributed by atoms with E-state index >= 15 is 0 Å². The van der Waals surface area contributed by atoms with Crippen molar-refractivity contribution in [2.45, 2.75) is 51.8 Å². The molecule has 0 spiro atoms. The highest BCUT2D eigenvalue weighted by molar-refractivity contribution is 6.00. The number of piperazine rings is 1. The number of hydrogen-bond donors (Lipinski definition) is 0. The summed E-state index contributed by atoms with van der Waals surface area (Å²) in [6.45, 7) is 9.60. The van der Waals surface area contributed by atoms with Crippen molar-refractivity contribution < 1.29 is 28.6 Å². The lowest BCUT2D eigenvalue weighted by molar-refractivity contribution is -0.155. The predicted molar refractivity (Wildman–Crippen MR) is 166 cm³/mol. The number of hydrogen-bond acceptors (Lipinski definition) is 7. The van der Waals surface area contributed by atoms with Crippen LogP contribution in [0.1, 0.15) is 59.9 Å². The van der Waals surface area contributed by atoms with Gasteiger partial charge in [0.2, 0.25) is 11.8 Å². The largest absolute Gasteiger partial charge is 0.492 e. The van der Waals surface area contributed by atoms with Gasteiger partial charge in [-0.1, -0.05) is 25.5 Å². The highest BCUT2D eigenvalue weighted by Gasteiger charge is 2.44. The summed E-state index contributed by atoms with van der Waals surface area (Å²) in [6.07, 6.45) is 2.69. The van der Waals surface area contributed by atoms with Crippen LogP contribution in [0, 0.1) is 0 Å². The van der Waals surface area contributed by atoms with Crippen molar-refractivity contribution in [3.05, 3.63) is 64.8 Å². The Hall–Kier alpha value is -3.89. The van der Waals surface area contributed by atoms with Crippen molar-refractivity contribution in [2.24, 2.45) is 0 Å². The normalized spacial score (nSPS) is 20.5. The molecule has 0 radical (unpaired) electrons. The summed E-state index contributed by atoms with van der Waals surface area (Å²) in [5.41, 5.74) is 4.49. The molecule has 2 aromatic carbocycles. The molecule has 3 aromatic rings. The average Bonchev–Trinajstić information content (AvgIpc) is 3.32. The lowest BCUT2D eigenvalue weighted by Gasteiger charge is -2.42. The van der Waals surface area contributed by atoms with E-state index in [0.717, 1.165) is 72.6 Å². The Morgan fingerprint density at radius 2 is 1.89 bits per heavy atom. The molecule has 3 aliphatic rings. The second-order valence-corrected chi connectivity index (χ2v) is 12.1. The lowest BCUT2D eigenvalue weighted by Crippen LogP contribution is -2.56. The molecule has 2 atom stereocenters. The lowest BCUT2D eigenvalue weighted by atomic mass is 9.92. The van der Waals surface area contributed by atoms with Gasteiger partial charge >= 0.3 is 5.97 Å². The molecule has 4 heterocycles. The number of nitrogens with zero attached hydrogens (tertiary/aromatic N) is 4. The van der Waals surface area contributed by atoms with Gasteiger partial charge in [-0.25, -0.2) is 4.79 Å². The maximum atomic E-state index is 13.6. The summed E-state index contributed by atoms with van der Waals surface area (Å²) >= 11 is 0. The van der Waals surface area contributed by atoms with Gasteiger partial charge in [0.25, 0.3) is 0 Å². The molecule has 1 unspecified atom stereocenters. The van der Waals surface area contributed by atoms with E-state index in [0.29, 0.717) is 38.3 Å². The van der Waals surface area contributed by atoms with Crippen molar-refractivity contribution >= 4 is 28.7 Å². The minimum atomic E-state index is -0.654. The summed E-state index contributed by atoms with van der Waals surface area (Å²) in [6, 6.07) is 12.9. The zero-order valence-electron chi connectivity index (χ0n) is 25.9. The zero-order chi connectivity index (χ0) is 30.8. The molecule has 6 rings (SSSR count). The van der Waals surface area contributed by atoms with Crippen LogP contribution in [0.2, 0.25) is 0 Å². The van der Waals surface area contributed by atoms with Gasteiger partial charge in [-0.05, 0) is 49.2 Å². The van der Waals surface area contributed by atoms with Crippen LogP contribution < -0.4 is 4.74 Å². The molecule has 3 aliphatic heterocycles. The van der Waals surface area contributed by atoms with Crippen molar-refractivity contribution in [2.75, 3.05) is 59.6 Å². The van der Waals surface area contributed by atoms with E-state index in [4.69, 9.17) is 14.2 Å². The fourth-order valence-corrected chi connectivity index (χ4v) is 6.58. The minimum absolute atomic E-state index is 0.0304. The summed E-state index contributed by atoms with van der Waals surface area (Å²) < 4.78 is 19.5. The van der Waals surface area contributed by atoms with Gasteiger partial charge in [-0.15, -0.1) is 0 Å². The highest BCUT2D eigenvalue weighted by atomic mass is 16.5. The molecule has 0 bridgehead atoms. The van der Waals surface area contributed by atoms with Gasteiger partial charge in [0.1, 0.15) is 18.4 Å². The van der Waals surface area contributed by atoms with Gasteiger partial charge in [-0.2, -0.15) is 0 Å². The first-order chi connectivity index (χ1) is 21.3. The Balaban J connectivity index is 1.30. The van der Waals surface area contributed by atoms with Gasteiger partial charge in [-0.3, -0.25) is 14.5 Å². The third-order valence-corrected chi connectivity index (χ3v) is 8.93. The molecule has 10 nitrogen and oxygen atoms in total. The maximum absolute atomic E-state index is 13.6. The number of rotatable bonds is 10. The van der Waals surface area contributed by atoms with Crippen molar-refractivity contribution in [1.29, 1.82) is 0 Å². The molecule has 44 heavy (non-hydrogen) atoms. The van der Waals surface area contributed by atoms with Crippen LogP contribution in [0.4, 0.5) is 0 Å². The number of likely N-dealkylation sites (N-methyl/N-ethyl adjacent to an activating group) is 1. The monoisotopic (exact) mass is 602 g/mol. The van der Waals surface area contributed by atoms with Crippen LogP contribution in [0.25, 0.3) is 10.9 Å². The molecule has 2 fully saturated rings. The van der Waals surface area contributed by atoms with E-state index in [2.05, 4.69) is 29.4 Å². The Morgan fingerprint density at radius 3 is 2.66 bits per heavy atom. The predicted octanol–water partition coefficient (Wildman–Crippen LogP) is 3.64. The summed E-state index contributed by atoms with van der Waals surface area (Å²) in [5.74, 6) is 0.333. The molecule has 0 saturated carbocycles. The van der Waals surface area contributed by atoms with Gasteiger partial charge in [0.05, 0.1) is 31.4 Å². The van der Waals surface area contributed by atoms with Crippen molar-refractivity contribution in [1.82, 2.24) is 19.3 Å². The molecule has 0 aliphatic carbocycles. The third kappa shape index (κ3) is 6.05. The summed E-state index contributed by atoms with van der Waals surface area (Å²) in [4.78, 5) is 44.6. The first-order valence-electron chi connectivity index (χ1n) is 15.8. The minimum Gasteiger partial charge on any atom is -0.492 e. The molecule has 2 saturated heterocycles. The molecule has 2 amide bonds. The Bertz CT molecular complexity index is 1530. The van der Waals surface area contributed by atoms with Gasteiger partial charge in [0.15, 0.2) is 0 Å².